The van der Waals surface area contributed by atoms with Gasteiger partial charge in [-0.05, 0) is 19.3 Å². The molecule has 36 nitrogen and oxygen atoms in total. The summed E-state index contributed by atoms with van der Waals surface area (Å²) in [5.74, 6) is -2.04. The van der Waals surface area contributed by atoms with E-state index in [0.29, 0.717) is 12.8 Å². The molecule has 0 aromatic carbocycles. The summed E-state index contributed by atoms with van der Waals surface area (Å²) in [6.45, 7) is 0.115. The molecule has 0 aromatic rings. The predicted molar refractivity (Wildman–Crippen MR) is 421 cm³/mol. The lowest BCUT2D eigenvalue weighted by Crippen LogP contribution is -2.70. The molecule has 0 saturated carbocycles. The Kier molecular flexibility index (Phi) is 50.0. The van der Waals surface area contributed by atoms with Gasteiger partial charge in [0.25, 0.3) is 0 Å². The molecular formula is C82H149N3O33. The van der Waals surface area contributed by atoms with Gasteiger partial charge in [-0.3, -0.25) is 14.4 Å². The van der Waals surface area contributed by atoms with Crippen LogP contribution in [0.3, 0.4) is 0 Å². The third-order valence-electron chi connectivity index (χ3n) is 23.2. The molecular weight excluding hydrogens is 1550 g/mol. The van der Waals surface area contributed by atoms with Crippen LogP contribution < -0.4 is 16.0 Å². The van der Waals surface area contributed by atoms with Crippen molar-refractivity contribution in [3.8, 4) is 0 Å². The Labute approximate surface area is 694 Å². The van der Waals surface area contributed by atoms with Crippen molar-refractivity contribution in [2.24, 2.45) is 0 Å². The number of allylic oxidation sites excluding steroid dienone is 1. The van der Waals surface area contributed by atoms with E-state index in [4.69, 9.17) is 56.8 Å². The van der Waals surface area contributed by atoms with E-state index in [2.05, 4.69) is 29.8 Å². The predicted octanol–water partition coefficient (Wildman–Crippen LogP) is -0.0834. The van der Waals surface area contributed by atoms with Gasteiger partial charge in [-0.2, -0.15) is 0 Å². The van der Waals surface area contributed by atoms with Crippen LogP contribution in [0, 0.1) is 0 Å². The number of hydrogen-bond donors (Lipinski definition) is 21. The maximum atomic E-state index is 13.6. The van der Waals surface area contributed by atoms with Crippen LogP contribution in [0.5, 0.6) is 0 Å². The average Bonchev–Trinajstić information content (AvgIpc) is 0.770. The molecule has 690 valence electrons. The molecule has 6 aliphatic heterocycles. The molecule has 118 heavy (non-hydrogen) atoms. The minimum absolute atomic E-state index is 0.177. The summed E-state index contributed by atoms with van der Waals surface area (Å²) in [6.07, 6.45) is -12.1. The van der Waals surface area contributed by atoms with Crippen LogP contribution in [0.1, 0.15) is 246 Å². The fraction of sp³-hybridized carbons (Fsp3) is 0.939. The molecule has 6 rings (SSSR count). The van der Waals surface area contributed by atoms with Gasteiger partial charge >= 0.3 is 0 Å². The first-order valence-corrected chi connectivity index (χ1v) is 44.0. The molecule has 0 aliphatic carbocycles. The zero-order valence-corrected chi connectivity index (χ0v) is 69.8. The smallest absolute Gasteiger partial charge is 0.220 e. The Morgan fingerprint density at radius 2 is 0.627 bits per heavy atom. The lowest BCUT2D eigenvalue weighted by atomic mass is 9.93. The first kappa shape index (κ1) is 104. The fourth-order valence-corrected chi connectivity index (χ4v) is 16.2. The van der Waals surface area contributed by atoms with E-state index < -0.39 is 254 Å². The zero-order valence-electron chi connectivity index (χ0n) is 69.8. The van der Waals surface area contributed by atoms with Crippen molar-refractivity contribution < 1.29 is 163 Å². The van der Waals surface area contributed by atoms with Crippen molar-refractivity contribution in [3.05, 3.63) is 12.2 Å². The number of ether oxygens (including phenoxy) is 12. The summed E-state index contributed by atoms with van der Waals surface area (Å²) < 4.78 is 70.9. The normalized spacial score (nSPS) is 35.9. The molecule has 6 fully saturated rings. The number of rotatable bonds is 58. The summed E-state index contributed by atoms with van der Waals surface area (Å²) in [5, 5.41) is 208. The highest BCUT2D eigenvalue weighted by Crippen LogP contribution is 2.38. The van der Waals surface area contributed by atoms with E-state index in [9.17, 15) is 106 Å². The molecule has 36 heteroatoms. The van der Waals surface area contributed by atoms with E-state index in [0.717, 1.165) is 65.2 Å². The second kappa shape index (κ2) is 56.8. The highest BCUT2D eigenvalue weighted by molar-refractivity contribution is 5.76. The van der Waals surface area contributed by atoms with E-state index in [1.54, 1.807) is 6.08 Å². The average molecular weight is 1710 g/mol. The fourth-order valence-electron chi connectivity index (χ4n) is 16.2. The zero-order chi connectivity index (χ0) is 86.2. The lowest BCUT2D eigenvalue weighted by molar-refractivity contribution is -0.387. The molecule has 0 radical (unpaired) electrons. The summed E-state index contributed by atoms with van der Waals surface area (Å²) in [5.41, 5.74) is 0. The Morgan fingerprint density at radius 1 is 0.331 bits per heavy atom. The minimum atomic E-state index is -2.24. The number of nitrogens with one attached hydrogen (secondary N) is 3. The lowest BCUT2D eigenvalue weighted by Gasteiger charge is -2.51. The van der Waals surface area contributed by atoms with Gasteiger partial charge in [0.2, 0.25) is 17.7 Å². The van der Waals surface area contributed by atoms with Crippen molar-refractivity contribution in [1.29, 1.82) is 0 Å². The minimum Gasteiger partial charge on any atom is -0.394 e. The second-order valence-electron chi connectivity index (χ2n) is 32.8. The molecule has 3 amide bonds. The molecule has 32 atom stereocenters. The molecule has 6 saturated heterocycles. The molecule has 12 unspecified atom stereocenters. The third-order valence-corrected chi connectivity index (χ3v) is 23.2. The third kappa shape index (κ3) is 32.7. The van der Waals surface area contributed by atoms with Gasteiger partial charge in [0, 0.05) is 20.3 Å². The first-order chi connectivity index (χ1) is 56.8. The van der Waals surface area contributed by atoms with Gasteiger partial charge in [0.15, 0.2) is 37.7 Å². The van der Waals surface area contributed by atoms with Crippen LogP contribution in [0.2, 0.25) is 0 Å². The van der Waals surface area contributed by atoms with Crippen molar-refractivity contribution in [2.45, 2.75) is 442 Å². The largest absolute Gasteiger partial charge is 0.394 e. The van der Waals surface area contributed by atoms with E-state index in [-0.39, 0.29) is 12.3 Å². The van der Waals surface area contributed by atoms with Crippen molar-refractivity contribution in [1.82, 2.24) is 16.0 Å². The van der Waals surface area contributed by atoms with Crippen LogP contribution in [-0.4, -0.2) is 352 Å². The summed E-state index contributed by atoms with van der Waals surface area (Å²) in [4.78, 5) is 39.2. The topological polar surface area (TPSA) is 562 Å². The van der Waals surface area contributed by atoms with Crippen LogP contribution in [0.15, 0.2) is 12.2 Å². The van der Waals surface area contributed by atoms with Crippen molar-refractivity contribution >= 4 is 17.7 Å². The van der Waals surface area contributed by atoms with Gasteiger partial charge in [-0.1, -0.05) is 219 Å². The standard InChI is InChI=1S/C82H149N3O33/c1-5-7-9-11-13-15-17-19-20-21-22-23-24-25-26-28-30-32-34-36-38-40-58(95)85-50(51(94)39-37-35-33-31-29-27-18-16-14-12-10-8-6-2)47-107-79-69(104)67(102)74(57(46-91)113-79)116-82-71(106)76(63(98)54(43-88)110-82)118-78-60(84-49(4)93)65(100)73(56(45-90)112-78)115-81-70(105)75(62(97)53(42-87)109-81)117-77-59(83-48(3)92)64(99)72(55(44-89)111-77)114-80-68(103)66(101)61(96)52(41-86)108-80/h37,39,50-57,59-82,86-91,94,96-106H,5-36,38,40-47H2,1-4H3,(H,83,92)(H,84,93)(H,85,95)/b39-37+/t50-,51+,52?,53?,54?,55?,56?,57?,59?,60?,61-,62-,63-,64+,65+,66-,67+,68?,69?,70?,71?,72+,73+,74+,75-,76-,77+,78-,79+,80-,81-,82-/m0/s1. The maximum Gasteiger partial charge on any atom is 0.220 e. The van der Waals surface area contributed by atoms with Crippen LogP contribution >= 0.6 is 0 Å². The molecule has 6 heterocycles. The van der Waals surface area contributed by atoms with Crippen molar-refractivity contribution in [3.63, 3.8) is 0 Å². The number of aliphatic hydroxyl groups is 18. The highest BCUT2D eigenvalue weighted by Gasteiger charge is 2.59. The van der Waals surface area contributed by atoms with Gasteiger partial charge in [0.1, 0.15) is 146 Å². The summed E-state index contributed by atoms with van der Waals surface area (Å²) >= 11 is 0. The van der Waals surface area contributed by atoms with Gasteiger partial charge in [-0.25, -0.2) is 0 Å². The van der Waals surface area contributed by atoms with Crippen LogP contribution in [0.4, 0.5) is 0 Å². The number of aliphatic hydroxyl groups excluding tert-OH is 18. The number of amides is 3. The molecule has 0 spiro atoms. The Hall–Kier alpha value is -3.05. The number of hydrogen-bond acceptors (Lipinski definition) is 33. The SMILES string of the molecule is CCCCCCCCCCCCC/C=C/[C@@H](O)[C@H](CO[C@@H]1OC(CO)[C@@H](O[C@@H]2OC(CO)[C@H](O)[C@H](O[C@@H]3OC(CO)[C@@H](O[C@@H]4OC(CO)[C@H](O)[C@H](O[C@H]5OC(CO)[C@@H](O[C@@H]6OC(CO)[C@H](O)[C@H](O)C6O)[C@H](O)C5NC(C)=O)C4O)[C@H](O)C3NC(C)=O)C2O)[C@H](O)C1O)NC(=O)CCCCCCCCCCCCCCCCCCCCCCC. The van der Waals surface area contributed by atoms with E-state index >= 15 is 0 Å². The summed E-state index contributed by atoms with van der Waals surface area (Å²) in [7, 11) is 0. The number of carbonyl (C=O) groups excluding carboxylic acids is 3. The van der Waals surface area contributed by atoms with Crippen molar-refractivity contribution in [2.75, 3.05) is 46.2 Å². The monoisotopic (exact) mass is 1700 g/mol. The molecule has 0 aromatic heterocycles. The molecule has 21 N–H and O–H groups in total. The number of carbonyl (C=O) groups is 3. The maximum absolute atomic E-state index is 13.6. The Bertz CT molecular complexity index is 2710. The van der Waals surface area contributed by atoms with Gasteiger partial charge in [-0.15, -0.1) is 0 Å². The Balaban J connectivity index is 1.06. The van der Waals surface area contributed by atoms with Crippen LogP contribution in [0.25, 0.3) is 0 Å². The van der Waals surface area contributed by atoms with E-state index in [1.165, 1.54) is 148 Å². The van der Waals surface area contributed by atoms with Gasteiger partial charge in [0.05, 0.1) is 58.4 Å². The summed E-state index contributed by atoms with van der Waals surface area (Å²) in [6, 6.07) is -4.66. The quantitative estimate of drug-likeness (QED) is 0.0280. The highest BCUT2D eigenvalue weighted by atomic mass is 16.8. The second-order valence-corrected chi connectivity index (χ2v) is 32.8. The Morgan fingerprint density at radius 3 is 0.983 bits per heavy atom. The van der Waals surface area contributed by atoms with E-state index in [1.807, 2.05) is 6.08 Å². The first-order valence-electron chi connectivity index (χ1n) is 44.0. The molecule has 0 bridgehead atoms. The number of unbranched alkanes of at least 4 members (excludes halogenated alkanes) is 31. The van der Waals surface area contributed by atoms with Crippen LogP contribution in [-0.2, 0) is 71.2 Å². The molecule has 6 aliphatic rings. The van der Waals surface area contributed by atoms with Gasteiger partial charge < -0.3 is 165 Å².